The number of aromatic nitrogens is 2. The number of carbonyl (C=O) groups excluding carboxylic acids is 2. The molecule has 0 unspecified atom stereocenters. The SMILES string of the molecule is CCCCN1C(=O)[C@@H](C(=O)OCC)[C@@H](c2ccccc2C)n2c1nc1ccccc12. The van der Waals surface area contributed by atoms with Gasteiger partial charge in [0.15, 0.2) is 5.92 Å². The van der Waals surface area contributed by atoms with Gasteiger partial charge in [-0.3, -0.25) is 14.5 Å². The molecule has 30 heavy (non-hydrogen) atoms. The highest BCUT2D eigenvalue weighted by atomic mass is 16.5. The van der Waals surface area contributed by atoms with Crippen molar-refractivity contribution in [2.45, 2.75) is 39.7 Å². The fourth-order valence-electron chi connectivity index (χ4n) is 4.27. The zero-order valence-corrected chi connectivity index (χ0v) is 17.7. The third kappa shape index (κ3) is 3.26. The van der Waals surface area contributed by atoms with Gasteiger partial charge in [-0.2, -0.15) is 0 Å². The molecule has 2 atom stereocenters. The fourth-order valence-corrected chi connectivity index (χ4v) is 4.27. The first-order chi connectivity index (χ1) is 14.6. The number of hydrogen-bond donors (Lipinski definition) is 0. The van der Waals surface area contributed by atoms with Crippen LogP contribution in [0.4, 0.5) is 5.95 Å². The second-order valence-corrected chi connectivity index (χ2v) is 7.65. The lowest BCUT2D eigenvalue weighted by atomic mass is 9.87. The molecule has 0 spiro atoms. The van der Waals surface area contributed by atoms with E-state index in [9.17, 15) is 9.59 Å². The van der Waals surface area contributed by atoms with Gasteiger partial charge in [0.2, 0.25) is 11.9 Å². The van der Waals surface area contributed by atoms with Crippen LogP contribution in [-0.2, 0) is 14.3 Å². The third-order valence-corrected chi connectivity index (χ3v) is 5.73. The molecular weight excluding hydrogens is 378 g/mol. The summed E-state index contributed by atoms with van der Waals surface area (Å²) in [6, 6.07) is 15.2. The number of ether oxygens (including phenoxy) is 1. The normalized spacial score (nSPS) is 18.5. The largest absolute Gasteiger partial charge is 0.465 e. The van der Waals surface area contributed by atoms with E-state index in [1.807, 2.05) is 55.5 Å². The second kappa shape index (κ2) is 8.30. The average molecular weight is 405 g/mol. The van der Waals surface area contributed by atoms with Gasteiger partial charge >= 0.3 is 5.97 Å². The first-order valence-corrected chi connectivity index (χ1v) is 10.6. The van der Waals surface area contributed by atoms with Crippen LogP contribution in [0.1, 0.15) is 43.9 Å². The molecule has 0 radical (unpaired) electrons. The van der Waals surface area contributed by atoms with Crippen LogP contribution in [0.3, 0.4) is 0 Å². The Balaban J connectivity index is 2.00. The van der Waals surface area contributed by atoms with Gasteiger partial charge in [-0.15, -0.1) is 0 Å². The molecule has 1 aromatic heterocycles. The van der Waals surface area contributed by atoms with Crippen molar-refractivity contribution in [3.63, 3.8) is 0 Å². The smallest absolute Gasteiger partial charge is 0.321 e. The number of imidazole rings is 1. The number of nitrogens with zero attached hydrogens (tertiary/aromatic N) is 3. The van der Waals surface area contributed by atoms with Crippen molar-refractivity contribution >= 4 is 28.9 Å². The van der Waals surface area contributed by atoms with Crippen LogP contribution in [0, 0.1) is 12.8 Å². The molecule has 1 amide bonds. The average Bonchev–Trinajstić information content (AvgIpc) is 3.12. The van der Waals surface area contributed by atoms with Crippen molar-refractivity contribution in [3.05, 3.63) is 59.7 Å². The zero-order chi connectivity index (χ0) is 21.3. The number of amides is 1. The molecule has 0 aliphatic carbocycles. The molecular formula is C24H27N3O3. The van der Waals surface area contributed by atoms with E-state index in [2.05, 4.69) is 11.5 Å². The predicted octanol–water partition coefficient (Wildman–Crippen LogP) is 4.26. The summed E-state index contributed by atoms with van der Waals surface area (Å²) in [6.07, 6.45) is 1.77. The van der Waals surface area contributed by atoms with Crippen molar-refractivity contribution in [3.8, 4) is 0 Å². The summed E-state index contributed by atoms with van der Waals surface area (Å²) in [4.78, 5) is 33.2. The quantitative estimate of drug-likeness (QED) is 0.454. The minimum Gasteiger partial charge on any atom is -0.465 e. The van der Waals surface area contributed by atoms with Crippen molar-refractivity contribution < 1.29 is 14.3 Å². The number of carbonyl (C=O) groups is 2. The van der Waals surface area contributed by atoms with E-state index in [-0.39, 0.29) is 12.5 Å². The topological polar surface area (TPSA) is 64.4 Å². The number of benzene rings is 2. The van der Waals surface area contributed by atoms with E-state index in [1.54, 1.807) is 11.8 Å². The van der Waals surface area contributed by atoms with E-state index in [0.717, 1.165) is 35.0 Å². The van der Waals surface area contributed by atoms with Crippen LogP contribution in [-0.4, -0.2) is 34.6 Å². The van der Waals surface area contributed by atoms with Gasteiger partial charge in [0.1, 0.15) is 0 Å². The van der Waals surface area contributed by atoms with Gasteiger partial charge in [0.05, 0.1) is 23.7 Å². The number of esters is 1. The molecule has 0 bridgehead atoms. The summed E-state index contributed by atoms with van der Waals surface area (Å²) in [7, 11) is 0. The monoisotopic (exact) mass is 405 g/mol. The van der Waals surface area contributed by atoms with Crippen LogP contribution in [0.15, 0.2) is 48.5 Å². The van der Waals surface area contributed by atoms with Gasteiger partial charge in [-0.25, -0.2) is 4.98 Å². The highest BCUT2D eigenvalue weighted by Crippen LogP contribution is 2.42. The van der Waals surface area contributed by atoms with Crippen molar-refractivity contribution in [2.24, 2.45) is 5.92 Å². The van der Waals surface area contributed by atoms with Crippen LogP contribution >= 0.6 is 0 Å². The molecule has 2 heterocycles. The molecule has 1 aliphatic heterocycles. The Kier molecular flexibility index (Phi) is 5.57. The molecule has 156 valence electrons. The molecule has 0 N–H and O–H groups in total. The second-order valence-electron chi connectivity index (χ2n) is 7.65. The summed E-state index contributed by atoms with van der Waals surface area (Å²) in [5.74, 6) is -1.07. The Morgan fingerprint density at radius 3 is 2.57 bits per heavy atom. The maximum Gasteiger partial charge on any atom is 0.321 e. The Morgan fingerprint density at radius 1 is 1.10 bits per heavy atom. The lowest BCUT2D eigenvalue weighted by Gasteiger charge is -2.38. The highest BCUT2D eigenvalue weighted by Gasteiger charge is 2.47. The molecule has 3 aromatic rings. The first kappa shape index (κ1) is 20.1. The van der Waals surface area contributed by atoms with Crippen molar-refractivity contribution in [1.29, 1.82) is 0 Å². The fraction of sp³-hybridized carbons (Fsp3) is 0.375. The maximum atomic E-state index is 13.7. The molecule has 6 heteroatoms. The summed E-state index contributed by atoms with van der Waals surface area (Å²) in [5.41, 5.74) is 3.67. The summed E-state index contributed by atoms with van der Waals surface area (Å²) in [6.45, 7) is 6.60. The van der Waals surface area contributed by atoms with Gasteiger partial charge in [0.25, 0.3) is 0 Å². The van der Waals surface area contributed by atoms with E-state index in [4.69, 9.17) is 9.72 Å². The summed E-state index contributed by atoms with van der Waals surface area (Å²) >= 11 is 0. The first-order valence-electron chi connectivity index (χ1n) is 10.6. The molecule has 0 fully saturated rings. The molecule has 0 saturated heterocycles. The third-order valence-electron chi connectivity index (χ3n) is 5.73. The molecule has 0 saturated carbocycles. The molecule has 4 rings (SSSR count). The minimum atomic E-state index is -0.951. The van der Waals surface area contributed by atoms with E-state index in [0.29, 0.717) is 12.5 Å². The Hall–Kier alpha value is -3.15. The van der Waals surface area contributed by atoms with Gasteiger partial charge in [0, 0.05) is 6.54 Å². The van der Waals surface area contributed by atoms with Crippen LogP contribution in [0.5, 0.6) is 0 Å². The van der Waals surface area contributed by atoms with Gasteiger partial charge in [-0.1, -0.05) is 49.7 Å². The number of aryl methyl sites for hydroxylation is 1. The standard InChI is InChI=1S/C24H27N3O3/c1-4-6-15-26-22(28)20(23(29)30-5-2)21(17-12-8-7-11-16(17)3)27-19-14-10-9-13-18(19)25-24(26)27/h7-14,20-21H,4-6,15H2,1-3H3/t20-,21+/m0/s1. The number of unbranched alkanes of at least 4 members (excludes halogenated alkanes) is 1. The number of para-hydroxylation sites is 2. The Morgan fingerprint density at radius 2 is 1.83 bits per heavy atom. The molecule has 1 aliphatic rings. The van der Waals surface area contributed by atoms with Crippen LogP contribution < -0.4 is 4.90 Å². The molecule has 2 aromatic carbocycles. The summed E-state index contributed by atoms with van der Waals surface area (Å²) in [5, 5.41) is 0. The predicted molar refractivity (Wildman–Crippen MR) is 116 cm³/mol. The minimum absolute atomic E-state index is 0.232. The lowest BCUT2D eigenvalue weighted by Crippen LogP contribution is -2.50. The van der Waals surface area contributed by atoms with Crippen LogP contribution in [0.25, 0.3) is 11.0 Å². The number of anilines is 1. The van der Waals surface area contributed by atoms with Gasteiger partial charge in [-0.05, 0) is 43.5 Å². The number of hydrogen-bond acceptors (Lipinski definition) is 4. The number of fused-ring (bicyclic) bond motifs is 3. The van der Waals surface area contributed by atoms with E-state index in [1.165, 1.54) is 0 Å². The zero-order valence-electron chi connectivity index (χ0n) is 17.7. The maximum absolute atomic E-state index is 13.7. The van der Waals surface area contributed by atoms with Gasteiger partial charge < -0.3 is 9.30 Å². The highest BCUT2D eigenvalue weighted by molar-refractivity contribution is 6.08. The van der Waals surface area contributed by atoms with E-state index >= 15 is 0 Å². The summed E-state index contributed by atoms with van der Waals surface area (Å²) < 4.78 is 7.43. The molecule has 6 nitrogen and oxygen atoms in total. The van der Waals surface area contributed by atoms with Crippen molar-refractivity contribution in [1.82, 2.24) is 9.55 Å². The van der Waals surface area contributed by atoms with Crippen molar-refractivity contribution in [2.75, 3.05) is 18.1 Å². The Labute approximate surface area is 176 Å². The Bertz CT molecular complexity index is 1090. The number of rotatable bonds is 6. The van der Waals surface area contributed by atoms with Crippen LogP contribution in [0.2, 0.25) is 0 Å². The van der Waals surface area contributed by atoms with E-state index < -0.39 is 17.9 Å². The lowest BCUT2D eigenvalue weighted by molar-refractivity contribution is -0.153.